The Morgan fingerprint density at radius 2 is 1.91 bits per heavy atom. The summed E-state index contributed by atoms with van der Waals surface area (Å²) in [5.41, 5.74) is 0.738. The van der Waals surface area contributed by atoms with Crippen molar-refractivity contribution in [1.29, 1.82) is 5.26 Å². The normalized spacial score (nSPS) is 10.5. The van der Waals surface area contributed by atoms with E-state index in [0.717, 1.165) is 0 Å². The van der Waals surface area contributed by atoms with E-state index < -0.39 is 16.0 Å². The molecule has 0 aliphatic heterocycles. The molecule has 6 nitrogen and oxygen atoms in total. The lowest BCUT2D eigenvalue weighted by atomic mass is 10.2. The molecular formula is C15H12N2O4S. The first-order valence-electron chi connectivity index (χ1n) is 6.17. The molecule has 0 unspecified atom stereocenters. The Morgan fingerprint density at radius 1 is 1.18 bits per heavy atom. The summed E-state index contributed by atoms with van der Waals surface area (Å²) in [7, 11) is -2.65. The van der Waals surface area contributed by atoms with Gasteiger partial charge in [-0.15, -0.1) is 0 Å². The molecule has 0 atom stereocenters. The monoisotopic (exact) mass is 316 g/mol. The van der Waals surface area contributed by atoms with Crippen LogP contribution in [-0.2, 0) is 14.8 Å². The zero-order chi connectivity index (χ0) is 16.2. The van der Waals surface area contributed by atoms with E-state index in [2.05, 4.69) is 9.46 Å². The highest BCUT2D eigenvalue weighted by Crippen LogP contribution is 2.18. The summed E-state index contributed by atoms with van der Waals surface area (Å²) in [5.74, 6) is -0.622. The number of rotatable bonds is 4. The summed E-state index contributed by atoms with van der Waals surface area (Å²) in [5, 5.41) is 8.82. The fourth-order valence-electron chi connectivity index (χ4n) is 1.77. The van der Waals surface area contributed by atoms with Crippen LogP contribution in [0.25, 0.3) is 0 Å². The van der Waals surface area contributed by atoms with Crippen molar-refractivity contribution >= 4 is 21.7 Å². The van der Waals surface area contributed by atoms with Gasteiger partial charge in [-0.3, -0.25) is 4.72 Å². The zero-order valence-corrected chi connectivity index (χ0v) is 12.4. The maximum atomic E-state index is 12.3. The molecule has 2 aromatic rings. The minimum Gasteiger partial charge on any atom is -0.465 e. The van der Waals surface area contributed by atoms with Gasteiger partial charge in [0, 0.05) is 0 Å². The van der Waals surface area contributed by atoms with Gasteiger partial charge in [-0.1, -0.05) is 12.1 Å². The molecule has 0 saturated heterocycles. The van der Waals surface area contributed by atoms with Gasteiger partial charge in [-0.25, -0.2) is 13.2 Å². The van der Waals surface area contributed by atoms with Crippen LogP contribution < -0.4 is 4.72 Å². The zero-order valence-electron chi connectivity index (χ0n) is 11.6. The molecule has 0 saturated carbocycles. The number of nitrogens with one attached hydrogen (secondary N) is 1. The standard InChI is InChI=1S/C15H12N2O4S/c1-21-15(18)12-5-3-7-14(9-12)22(19,20)17-13-6-2-4-11(8-13)10-16/h2-9,17H,1H3. The second kappa shape index (κ2) is 6.28. The Morgan fingerprint density at radius 3 is 2.59 bits per heavy atom. The average molecular weight is 316 g/mol. The highest BCUT2D eigenvalue weighted by atomic mass is 32.2. The molecule has 0 bridgehead atoms. The third-order valence-corrected chi connectivity index (χ3v) is 4.19. The van der Waals surface area contributed by atoms with Gasteiger partial charge in [-0.2, -0.15) is 5.26 Å². The maximum absolute atomic E-state index is 12.3. The summed E-state index contributed by atoms with van der Waals surface area (Å²) in [6.07, 6.45) is 0. The van der Waals surface area contributed by atoms with Crippen molar-refractivity contribution < 1.29 is 17.9 Å². The van der Waals surface area contributed by atoms with E-state index in [0.29, 0.717) is 5.56 Å². The predicted octanol–water partition coefficient (Wildman–Crippen LogP) is 2.15. The summed E-state index contributed by atoms with van der Waals surface area (Å²) in [6, 6.07) is 13.5. The number of esters is 1. The van der Waals surface area contributed by atoms with E-state index in [1.54, 1.807) is 12.1 Å². The lowest BCUT2D eigenvalue weighted by molar-refractivity contribution is 0.0600. The molecule has 0 heterocycles. The van der Waals surface area contributed by atoms with E-state index in [9.17, 15) is 13.2 Å². The van der Waals surface area contributed by atoms with Crippen molar-refractivity contribution in [1.82, 2.24) is 0 Å². The quantitative estimate of drug-likeness (QED) is 0.872. The fraction of sp³-hybridized carbons (Fsp3) is 0.0667. The van der Waals surface area contributed by atoms with Crippen LogP contribution in [0.4, 0.5) is 5.69 Å². The summed E-state index contributed by atoms with van der Waals surface area (Å²) >= 11 is 0. The second-order valence-electron chi connectivity index (χ2n) is 4.32. The number of anilines is 1. The number of nitrogens with zero attached hydrogens (tertiary/aromatic N) is 1. The van der Waals surface area contributed by atoms with E-state index in [1.165, 1.54) is 43.5 Å². The molecule has 0 fully saturated rings. The molecule has 2 aromatic carbocycles. The highest BCUT2D eigenvalue weighted by Gasteiger charge is 2.16. The number of benzene rings is 2. The third kappa shape index (κ3) is 3.42. The SMILES string of the molecule is COC(=O)c1cccc(S(=O)(=O)Nc2cccc(C#N)c2)c1. The number of ether oxygens (including phenoxy) is 1. The summed E-state index contributed by atoms with van der Waals surface area (Å²) in [6.45, 7) is 0. The van der Waals surface area contributed by atoms with Crippen LogP contribution in [0.1, 0.15) is 15.9 Å². The number of hydrogen-bond acceptors (Lipinski definition) is 5. The Kier molecular flexibility index (Phi) is 4.44. The summed E-state index contributed by atoms with van der Waals surface area (Å²) < 4.78 is 31.6. The number of carbonyl (C=O) groups is 1. The smallest absolute Gasteiger partial charge is 0.337 e. The van der Waals surface area contributed by atoms with E-state index in [4.69, 9.17) is 5.26 Å². The molecule has 1 N–H and O–H groups in total. The Bertz CT molecular complexity index is 854. The van der Waals surface area contributed by atoms with Crippen LogP contribution >= 0.6 is 0 Å². The van der Waals surface area contributed by atoms with Crippen molar-refractivity contribution in [2.45, 2.75) is 4.90 Å². The first-order valence-corrected chi connectivity index (χ1v) is 7.66. The van der Waals surface area contributed by atoms with E-state index in [1.807, 2.05) is 6.07 Å². The third-order valence-electron chi connectivity index (χ3n) is 2.81. The topological polar surface area (TPSA) is 96.3 Å². The van der Waals surface area contributed by atoms with Crippen LogP contribution in [-0.4, -0.2) is 21.5 Å². The molecule has 112 valence electrons. The van der Waals surface area contributed by atoms with Gasteiger partial charge < -0.3 is 4.74 Å². The second-order valence-corrected chi connectivity index (χ2v) is 6.00. The van der Waals surface area contributed by atoms with Crippen molar-refractivity contribution in [3.8, 4) is 6.07 Å². The first-order chi connectivity index (χ1) is 10.5. The molecule has 0 amide bonds. The minimum atomic E-state index is -3.87. The number of methoxy groups -OCH3 is 1. The Balaban J connectivity index is 2.34. The van der Waals surface area contributed by atoms with Crippen molar-refractivity contribution in [2.24, 2.45) is 0 Å². The number of sulfonamides is 1. The van der Waals surface area contributed by atoms with Gasteiger partial charge >= 0.3 is 5.97 Å². The first kappa shape index (κ1) is 15.5. The molecule has 0 aromatic heterocycles. The number of nitriles is 1. The van der Waals surface area contributed by atoms with Gasteiger partial charge in [0.2, 0.25) is 0 Å². The largest absolute Gasteiger partial charge is 0.465 e. The van der Waals surface area contributed by atoms with Crippen LogP contribution in [0.5, 0.6) is 0 Å². The fourth-order valence-corrected chi connectivity index (χ4v) is 2.87. The van der Waals surface area contributed by atoms with Gasteiger partial charge in [0.05, 0.1) is 34.9 Å². The van der Waals surface area contributed by atoms with Crippen LogP contribution in [0.15, 0.2) is 53.4 Å². The molecule has 0 aliphatic carbocycles. The lowest BCUT2D eigenvalue weighted by Crippen LogP contribution is -2.14. The highest BCUT2D eigenvalue weighted by molar-refractivity contribution is 7.92. The lowest BCUT2D eigenvalue weighted by Gasteiger charge is -2.09. The Hall–Kier alpha value is -2.85. The van der Waals surface area contributed by atoms with Gasteiger partial charge in [0.25, 0.3) is 10.0 Å². The predicted molar refractivity (Wildman–Crippen MR) is 79.7 cm³/mol. The van der Waals surface area contributed by atoms with Gasteiger partial charge in [0.1, 0.15) is 0 Å². The average Bonchev–Trinajstić information content (AvgIpc) is 2.54. The molecule has 2 rings (SSSR count). The number of hydrogen-bond donors (Lipinski definition) is 1. The van der Waals surface area contributed by atoms with Crippen LogP contribution in [0.3, 0.4) is 0 Å². The van der Waals surface area contributed by atoms with E-state index in [-0.39, 0.29) is 16.1 Å². The van der Waals surface area contributed by atoms with Gasteiger partial charge in [0.15, 0.2) is 0 Å². The molecule has 22 heavy (non-hydrogen) atoms. The molecule has 0 spiro atoms. The van der Waals surface area contributed by atoms with Gasteiger partial charge in [-0.05, 0) is 36.4 Å². The molecule has 0 radical (unpaired) electrons. The van der Waals surface area contributed by atoms with Crippen LogP contribution in [0, 0.1) is 11.3 Å². The number of carbonyl (C=O) groups excluding carboxylic acids is 1. The van der Waals surface area contributed by atoms with Crippen molar-refractivity contribution in [3.63, 3.8) is 0 Å². The maximum Gasteiger partial charge on any atom is 0.337 e. The molecule has 0 aliphatic rings. The van der Waals surface area contributed by atoms with Crippen molar-refractivity contribution in [3.05, 3.63) is 59.7 Å². The molecule has 7 heteroatoms. The van der Waals surface area contributed by atoms with Crippen LogP contribution in [0.2, 0.25) is 0 Å². The van der Waals surface area contributed by atoms with Crippen molar-refractivity contribution in [2.75, 3.05) is 11.8 Å². The molecular weight excluding hydrogens is 304 g/mol. The Labute approximate surface area is 128 Å². The minimum absolute atomic E-state index is 0.0715. The van der Waals surface area contributed by atoms with E-state index >= 15 is 0 Å². The summed E-state index contributed by atoms with van der Waals surface area (Å²) in [4.78, 5) is 11.4.